The van der Waals surface area contributed by atoms with Crippen molar-refractivity contribution in [1.29, 1.82) is 0 Å². The summed E-state index contributed by atoms with van der Waals surface area (Å²) in [6, 6.07) is 5.36. The van der Waals surface area contributed by atoms with Gasteiger partial charge in [-0.1, -0.05) is 29.3 Å². The third-order valence-corrected chi connectivity index (χ3v) is 5.26. The van der Waals surface area contributed by atoms with Gasteiger partial charge in [0.15, 0.2) is 0 Å². The van der Waals surface area contributed by atoms with Gasteiger partial charge in [0.1, 0.15) is 11.4 Å². The molecular weight excluding hydrogens is 361 g/mol. The van der Waals surface area contributed by atoms with Crippen molar-refractivity contribution in [3.05, 3.63) is 61.7 Å². The molecule has 1 aromatic heterocycles. The van der Waals surface area contributed by atoms with E-state index in [9.17, 15) is 9.59 Å². The fraction of sp³-hybridized carbons (Fsp3) is 0.389. The molecule has 0 saturated carbocycles. The molecule has 1 fully saturated rings. The molecule has 1 atom stereocenters. The number of benzene rings is 1. The Kier molecular flexibility index (Phi) is 5.45. The number of nitrogens with one attached hydrogen (secondary N) is 1. The number of piperidine rings is 1. The normalized spacial score (nSPS) is 17.6. The second-order valence-corrected chi connectivity index (χ2v) is 7.11. The van der Waals surface area contributed by atoms with Gasteiger partial charge in [-0.2, -0.15) is 0 Å². The molecule has 0 spiro atoms. The van der Waals surface area contributed by atoms with Gasteiger partial charge in [0.25, 0.3) is 11.5 Å². The number of carbonyl (C=O) groups excluding carboxylic acids is 1. The number of hydrogen-bond donors (Lipinski definition) is 1. The summed E-state index contributed by atoms with van der Waals surface area (Å²) in [6.45, 7) is 2.68. The van der Waals surface area contributed by atoms with E-state index in [1.807, 2.05) is 6.92 Å². The number of hydrogen-bond acceptors (Lipinski definition) is 3. The minimum absolute atomic E-state index is 0.0720. The Balaban J connectivity index is 1.84. The summed E-state index contributed by atoms with van der Waals surface area (Å²) in [6.07, 6.45) is 4.67. The molecule has 1 amide bonds. The van der Waals surface area contributed by atoms with Crippen molar-refractivity contribution in [2.24, 2.45) is 0 Å². The Hall–Kier alpha value is -1.85. The molecule has 5 nitrogen and oxygen atoms in total. The number of amides is 1. The largest absolute Gasteiger partial charge is 0.336 e. The second kappa shape index (κ2) is 7.58. The van der Waals surface area contributed by atoms with E-state index in [-0.39, 0.29) is 17.5 Å². The number of likely N-dealkylation sites (tertiary alicyclic amines) is 1. The van der Waals surface area contributed by atoms with Crippen molar-refractivity contribution in [1.82, 2.24) is 14.9 Å². The van der Waals surface area contributed by atoms with Crippen LogP contribution < -0.4 is 5.56 Å². The van der Waals surface area contributed by atoms with Gasteiger partial charge in [0.05, 0.1) is 0 Å². The predicted molar refractivity (Wildman–Crippen MR) is 98.5 cm³/mol. The maximum Gasteiger partial charge on any atom is 0.263 e. The molecule has 0 unspecified atom stereocenters. The Bertz CT molecular complexity index is 830. The third-order valence-electron chi connectivity index (χ3n) is 4.55. The van der Waals surface area contributed by atoms with Gasteiger partial charge in [0.2, 0.25) is 0 Å². The highest BCUT2D eigenvalue weighted by molar-refractivity contribution is 6.36. The van der Waals surface area contributed by atoms with E-state index in [1.54, 1.807) is 23.1 Å². The zero-order valence-electron chi connectivity index (χ0n) is 13.9. The maximum atomic E-state index is 12.6. The summed E-state index contributed by atoms with van der Waals surface area (Å²) in [5.74, 6) is 0.159. The minimum Gasteiger partial charge on any atom is -0.336 e. The number of nitrogens with zero attached hydrogens (tertiary/aromatic N) is 2. The summed E-state index contributed by atoms with van der Waals surface area (Å²) in [4.78, 5) is 33.7. The molecule has 132 valence electrons. The summed E-state index contributed by atoms with van der Waals surface area (Å²) >= 11 is 12.3. The first-order valence-corrected chi connectivity index (χ1v) is 9.05. The van der Waals surface area contributed by atoms with Crippen molar-refractivity contribution in [3.63, 3.8) is 0 Å². The van der Waals surface area contributed by atoms with Gasteiger partial charge in [-0.15, -0.1) is 0 Å². The van der Waals surface area contributed by atoms with Crippen LogP contribution in [-0.4, -0.2) is 33.4 Å². The van der Waals surface area contributed by atoms with Gasteiger partial charge in [-0.3, -0.25) is 9.59 Å². The molecule has 25 heavy (non-hydrogen) atoms. The molecular formula is C18H19Cl2N3O2. The van der Waals surface area contributed by atoms with E-state index >= 15 is 0 Å². The third kappa shape index (κ3) is 3.88. The highest BCUT2D eigenvalue weighted by atomic mass is 35.5. The van der Waals surface area contributed by atoms with Crippen LogP contribution in [0.5, 0.6) is 0 Å². The lowest BCUT2D eigenvalue weighted by molar-refractivity contribution is 0.0633. The quantitative estimate of drug-likeness (QED) is 0.884. The molecule has 1 saturated heterocycles. The lowest BCUT2D eigenvalue weighted by Gasteiger charge is -2.33. The Morgan fingerprint density at radius 2 is 2.04 bits per heavy atom. The zero-order chi connectivity index (χ0) is 18.0. The van der Waals surface area contributed by atoms with Crippen LogP contribution in [0, 0.1) is 0 Å². The van der Waals surface area contributed by atoms with E-state index in [0.717, 1.165) is 19.3 Å². The first-order chi connectivity index (χ1) is 12.0. The van der Waals surface area contributed by atoms with Crippen LogP contribution in [0.15, 0.2) is 29.2 Å². The SMILES string of the molecule is C[C@H]1CCCCN1C(=O)c1cnc(Cc2c(Cl)cccc2Cl)[nH]c1=O. The number of rotatable bonds is 3. The van der Waals surface area contributed by atoms with Crippen LogP contribution in [-0.2, 0) is 6.42 Å². The van der Waals surface area contributed by atoms with E-state index in [2.05, 4.69) is 9.97 Å². The van der Waals surface area contributed by atoms with E-state index in [4.69, 9.17) is 23.2 Å². The summed E-state index contributed by atoms with van der Waals surface area (Å²) in [5.41, 5.74) is 0.330. The van der Waals surface area contributed by atoms with Gasteiger partial charge in [0, 0.05) is 35.2 Å². The predicted octanol–water partition coefficient (Wildman–Crippen LogP) is 3.68. The molecule has 1 aliphatic rings. The smallest absolute Gasteiger partial charge is 0.263 e. The lowest BCUT2D eigenvalue weighted by atomic mass is 10.0. The van der Waals surface area contributed by atoms with Crippen molar-refractivity contribution in [2.75, 3.05) is 6.54 Å². The van der Waals surface area contributed by atoms with Crippen molar-refractivity contribution >= 4 is 29.1 Å². The summed E-state index contributed by atoms with van der Waals surface area (Å²) < 4.78 is 0. The Morgan fingerprint density at radius 3 is 2.68 bits per heavy atom. The fourth-order valence-electron chi connectivity index (χ4n) is 3.10. The topological polar surface area (TPSA) is 66.1 Å². The van der Waals surface area contributed by atoms with Crippen LogP contribution in [0.25, 0.3) is 0 Å². The Morgan fingerprint density at radius 1 is 1.32 bits per heavy atom. The summed E-state index contributed by atoms with van der Waals surface area (Å²) in [7, 11) is 0. The van der Waals surface area contributed by atoms with Crippen LogP contribution in [0.2, 0.25) is 10.0 Å². The van der Waals surface area contributed by atoms with Gasteiger partial charge in [-0.25, -0.2) is 4.98 Å². The average molecular weight is 380 g/mol. The average Bonchev–Trinajstić information content (AvgIpc) is 2.58. The molecule has 7 heteroatoms. The van der Waals surface area contributed by atoms with E-state index in [1.165, 1.54) is 6.20 Å². The molecule has 1 aromatic carbocycles. The molecule has 0 aliphatic carbocycles. The Labute approximate surface area is 156 Å². The highest BCUT2D eigenvalue weighted by Gasteiger charge is 2.26. The number of aromatic nitrogens is 2. The van der Waals surface area contributed by atoms with Crippen LogP contribution in [0.1, 0.15) is 47.9 Å². The molecule has 2 aromatic rings. The monoisotopic (exact) mass is 379 g/mol. The molecule has 2 heterocycles. The highest BCUT2D eigenvalue weighted by Crippen LogP contribution is 2.25. The number of aromatic amines is 1. The standard InChI is InChI=1S/C18H19Cl2N3O2/c1-11-5-2-3-8-23(11)18(25)13-10-21-16(22-17(13)24)9-12-14(19)6-4-7-15(12)20/h4,6-7,10-11H,2-3,5,8-9H2,1H3,(H,21,22,24)/t11-/m0/s1. The van der Waals surface area contributed by atoms with E-state index in [0.29, 0.717) is 34.4 Å². The second-order valence-electron chi connectivity index (χ2n) is 6.29. The van der Waals surface area contributed by atoms with Gasteiger partial charge in [-0.05, 0) is 43.9 Å². The first kappa shape index (κ1) is 18.0. The van der Waals surface area contributed by atoms with Crippen molar-refractivity contribution in [3.8, 4) is 0 Å². The molecule has 0 bridgehead atoms. The molecule has 0 radical (unpaired) electrons. The minimum atomic E-state index is -0.434. The van der Waals surface area contributed by atoms with E-state index < -0.39 is 5.56 Å². The van der Waals surface area contributed by atoms with Gasteiger partial charge < -0.3 is 9.88 Å². The van der Waals surface area contributed by atoms with Crippen molar-refractivity contribution in [2.45, 2.75) is 38.6 Å². The lowest BCUT2D eigenvalue weighted by Crippen LogP contribution is -2.44. The van der Waals surface area contributed by atoms with Crippen LogP contribution in [0.3, 0.4) is 0 Å². The fourth-order valence-corrected chi connectivity index (χ4v) is 3.63. The summed E-state index contributed by atoms with van der Waals surface area (Å²) in [5, 5.41) is 1.02. The maximum absolute atomic E-state index is 12.6. The van der Waals surface area contributed by atoms with Gasteiger partial charge >= 0.3 is 0 Å². The van der Waals surface area contributed by atoms with Crippen LogP contribution >= 0.6 is 23.2 Å². The molecule has 1 N–H and O–H groups in total. The van der Waals surface area contributed by atoms with Crippen LogP contribution in [0.4, 0.5) is 0 Å². The number of carbonyl (C=O) groups is 1. The molecule has 3 rings (SSSR count). The number of halogens is 2. The molecule has 1 aliphatic heterocycles. The zero-order valence-corrected chi connectivity index (χ0v) is 15.4. The number of H-pyrrole nitrogens is 1. The van der Waals surface area contributed by atoms with Crippen molar-refractivity contribution < 1.29 is 4.79 Å². The first-order valence-electron chi connectivity index (χ1n) is 8.29.